The molecule has 2 rings (SSSR count). The van der Waals surface area contributed by atoms with Crippen LogP contribution in [0, 0.1) is 0 Å². The normalized spacial score (nSPS) is 16.3. The minimum atomic E-state index is 0.346. The molecule has 0 atom stereocenters. The molecule has 18 heavy (non-hydrogen) atoms. The predicted octanol–water partition coefficient (Wildman–Crippen LogP) is 2.64. The van der Waals surface area contributed by atoms with Gasteiger partial charge in [0.05, 0.1) is 0 Å². The van der Waals surface area contributed by atoms with Crippen molar-refractivity contribution in [2.45, 2.75) is 38.5 Å². The maximum Gasteiger partial charge on any atom is 0.0431 e. The Morgan fingerprint density at radius 2 is 1.50 bits per heavy atom. The number of aliphatic hydroxyl groups is 1. The van der Waals surface area contributed by atoms with Crippen LogP contribution in [0.2, 0.25) is 0 Å². The van der Waals surface area contributed by atoms with Gasteiger partial charge in [0.25, 0.3) is 0 Å². The van der Waals surface area contributed by atoms with E-state index in [1.165, 1.54) is 51.7 Å². The van der Waals surface area contributed by atoms with E-state index in [2.05, 4.69) is 29.2 Å². The number of fused-ring (bicyclic) bond motifs is 1. The van der Waals surface area contributed by atoms with E-state index in [0.29, 0.717) is 6.61 Å². The highest BCUT2D eigenvalue weighted by atomic mass is 16.2. The number of benzene rings is 1. The molecule has 1 aliphatic rings. The van der Waals surface area contributed by atoms with E-state index in [0.717, 1.165) is 6.42 Å². The third-order valence-electron chi connectivity index (χ3n) is 3.90. The van der Waals surface area contributed by atoms with Crippen molar-refractivity contribution >= 4 is 0 Å². The van der Waals surface area contributed by atoms with Gasteiger partial charge in [-0.25, -0.2) is 0 Å². The molecular weight excluding hydrogens is 222 g/mol. The lowest BCUT2D eigenvalue weighted by Gasteiger charge is -2.19. The minimum absolute atomic E-state index is 0.346. The smallest absolute Gasteiger partial charge is 0.0431 e. The summed E-state index contributed by atoms with van der Waals surface area (Å²) in [4.78, 5) is 2.60. The summed E-state index contributed by atoms with van der Waals surface area (Å²) in [6, 6.07) is 8.87. The summed E-state index contributed by atoms with van der Waals surface area (Å²) in [5, 5.41) is 8.74. The summed E-state index contributed by atoms with van der Waals surface area (Å²) in [6.07, 6.45) is 7.07. The zero-order valence-electron chi connectivity index (χ0n) is 11.3. The molecule has 0 amide bonds. The van der Waals surface area contributed by atoms with Crippen LogP contribution >= 0.6 is 0 Å². The summed E-state index contributed by atoms with van der Waals surface area (Å²) in [6.45, 7) is 3.98. The van der Waals surface area contributed by atoms with Gasteiger partial charge in [-0.05, 0) is 43.4 Å². The van der Waals surface area contributed by atoms with Crippen LogP contribution in [-0.2, 0) is 12.8 Å². The molecule has 1 aromatic rings. The Bertz CT molecular complexity index is 324. The van der Waals surface area contributed by atoms with E-state index in [1.807, 2.05) is 0 Å². The summed E-state index contributed by atoms with van der Waals surface area (Å²) in [7, 11) is 0. The lowest BCUT2D eigenvalue weighted by molar-refractivity contribution is 0.267. The summed E-state index contributed by atoms with van der Waals surface area (Å²) in [5.41, 5.74) is 3.08. The molecule has 0 aliphatic carbocycles. The molecule has 0 saturated carbocycles. The Balaban J connectivity index is 1.71. The van der Waals surface area contributed by atoms with E-state index in [-0.39, 0.29) is 0 Å². The van der Waals surface area contributed by atoms with Crippen LogP contribution in [0.1, 0.15) is 36.8 Å². The Morgan fingerprint density at radius 1 is 0.889 bits per heavy atom. The van der Waals surface area contributed by atoms with Crippen molar-refractivity contribution in [3.63, 3.8) is 0 Å². The van der Waals surface area contributed by atoms with Crippen molar-refractivity contribution in [1.82, 2.24) is 4.90 Å². The number of hydrogen-bond donors (Lipinski definition) is 1. The van der Waals surface area contributed by atoms with Gasteiger partial charge in [-0.15, -0.1) is 0 Å². The molecule has 0 radical (unpaired) electrons. The van der Waals surface area contributed by atoms with Gasteiger partial charge in [-0.1, -0.05) is 37.1 Å². The SMILES string of the molecule is OCCCCCCN1CCc2ccccc2CC1. The fourth-order valence-corrected chi connectivity index (χ4v) is 2.74. The van der Waals surface area contributed by atoms with Crippen molar-refractivity contribution in [2.24, 2.45) is 0 Å². The van der Waals surface area contributed by atoms with Crippen molar-refractivity contribution in [3.05, 3.63) is 35.4 Å². The highest BCUT2D eigenvalue weighted by Gasteiger charge is 2.12. The van der Waals surface area contributed by atoms with Crippen LogP contribution in [0.5, 0.6) is 0 Å². The molecule has 1 aromatic carbocycles. The number of unbranched alkanes of at least 4 members (excludes halogenated alkanes) is 3. The number of nitrogens with zero attached hydrogens (tertiary/aromatic N) is 1. The molecule has 1 aliphatic heterocycles. The zero-order valence-corrected chi connectivity index (χ0v) is 11.3. The van der Waals surface area contributed by atoms with Gasteiger partial charge in [0, 0.05) is 19.7 Å². The van der Waals surface area contributed by atoms with Gasteiger partial charge in [0.2, 0.25) is 0 Å². The zero-order chi connectivity index (χ0) is 12.6. The molecule has 2 heteroatoms. The van der Waals surface area contributed by atoms with Crippen LogP contribution in [0.15, 0.2) is 24.3 Å². The van der Waals surface area contributed by atoms with Gasteiger partial charge in [-0.2, -0.15) is 0 Å². The molecule has 0 unspecified atom stereocenters. The second-order valence-electron chi connectivity index (χ2n) is 5.25. The predicted molar refractivity (Wildman–Crippen MR) is 75.8 cm³/mol. The number of rotatable bonds is 6. The molecule has 0 aromatic heterocycles. The Labute approximate surface area is 111 Å². The lowest BCUT2D eigenvalue weighted by atomic mass is 10.0. The second kappa shape index (κ2) is 7.55. The average Bonchev–Trinajstić information content (AvgIpc) is 2.61. The summed E-state index contributed by atoms with van der Waals surface area (Å²) < 4.78 is 0. The van der Waals surface area contributed by atoms with E-state index < -0.39 is 0 Å². The Hall–Kier alpha value is -0.860. The van der Waals surface area contributed by atoms with E-state index >= 15 is 0 Å². The standard InChI is InChI=1S/C16H25NO/c18-14-6-2-1-5-11-17-12-9-15-7-3-4-8-16(15)10-13-17/h3-4,7-8,18H,1-2,5-6,9-14H2. The first-order chi connectivity index (χ1) is 8.90. The maximum atomic E-state index is 8.74. The average molecular weight is 247 g/mol. The number of hydrogen-bond acceptors (Lipinski definition) is 2. The van der Waals surface area contributed by atoms with Crippen molar-refractivity contribution in [1.29, 1.82) is 0 Å². The Kier molecular flexibility index (Phi) is 5.69. The van der Waals surface area contributed by atoms with Gasteiger partial charge < -0.3 is 10.0 Å². The lowest BCUT2D eigenvalue weighted by Crippen LogP contribution is -2.27. The fourth-order valence-electron chi connectivity index (χ4n) is 2.74. The third-order valence-corrected chi connectivity index (χ3v) is 3.90. The molecule has 2 nitrogen and oxygen atoms in total. The van der Waals surface area contributed by atoms with E-state index in [9.17, 15) is 0 Å². The molecule has 0 fully saturated rings. The van der Waals surface area contributed by atoms with Gasteiger partial charge in [-0.3, -0.25) is 0 Å². The molecular formula is C16H25NO. The van der Waals surface area contributed by atoms with Crippen LogP contribution < -0.4 is 0 Å². The van der Waals surface area contributed by atoms with Crippen molar-refractivity contribution < 1.29 is 5.11 Å². The molecule has 0 saturated heterocycles. The van der Waals surface area contributed by atoms with Gasteiger partial charge in [0.1, 0.15) is 0 Å². The van der Waals surface area contributed by atoms with Crippen LogP contribution in [0.25, 0.3) is 0 Å². The van der Waals surface area contributed by atoms with E-state index in [1.54, 1.807) is 11.1 Å². The minimum Gasteiger partial charge on any atom is -0.396 e. The van der Waals surface area contributed by atoms with Crippen LogP contribution in [-0.4, -0.2) is 36.2 Å². The topological polar surface area (TPSA) is 23.5 Å². The van der Waals surface area contributed by atoms with Crippen molar-refractivity contribution in [2.75, 3.05) is 26.2 Å². The molecule has 1 N–H and O–H groups in total. The molecule has 100 valence electrons. The third kappa shape index (κ3) is 4.11. The first-order valence-electron chi connectivity index (χ1n) is 7.30. The highest BCUT2D eigenvalue weighted by Crippen LogP contribution is 2.15. The van der Waals surface area contributed by atoms with Crippen LogP contribution in [0.4, 0.5) is 0 Å². The quantitative estimate of drug-likeness (QED) is 0.781. The maximum absolute atomic E-state index is 8.74. The highest BCUT2D eigenvalue weighted by molar-refractivity contribution is 5.28. The number of aliphatic hydroxyl groups excluding tert-OH is 1. The molecule has 0 bridgehead atoms. The second-order valence-corrected chi connectivity index (χ2v) is 5.25. The summed E-state index contributed by atoms with van der Waals surface area (Å²) >= 11 is 0. The van der Waals surface area contributed by atoms with Gasteiger partial charge >= 0.3 is 0 Å². The first kappa shape index (κ1) is 13.6. The van der Waals surface area contributed by atoms with Gasteiger partial charge in [0.15, 0.2) is 0 Å². The van der Waals surface area contributed by atoms with Crippen LogP contribution in [0.3, 0.4) is 0 Å². The summed E-state index contributed by atoms with van der Waals surface area (Å²) in [5.74, 6) is 0. The largest absolute Gasteiger partial charge is 0.396 e. The molecule has 0 spiro atoms. The monoisotopic (exact) mass is 247 g/mol. The first-order valence-corrected chi connectivity index (χ1v) is 7.30. The van der Waals surface area contributed by atoms with Crippen molar-refractivity contribution in [3.8, 4) is 0 Å². The fraction of sp³-hybridized carbons (Fsp3) is 0.625. The van der Waals surface area contributed by atoms with E-state index in [4.69, 9.17) is 5.11 Å². The molecule has 1 heterocycles. The Morgan fingerprint density at radius 3 is 2.11 bits per heavy atom.